The first kappa shape index (κ1) is 16.0. The number of aryl methyl sites for hydroxylation is 2. The highest BCUT2D eigenvalue weighted by atomic mass is 15.2. The van der Waals surface area contributed by atoms with Gasteiger partial charge in [0.25, 0.3) is 0 Å². The van der Waals surface area contributed by atoms with Gasteiger partial charge < -0.3 is 4.57 Å². The van der Waals surface area contributed by atoms with Gasteiger partial charge in [-0.2, -0.15) is 0 Å². The molecular formula is C20H23N5. The van der Waals surface area contributed by atoms with Crippen LogP contribution in [0.25, 0.3) is 11.5 Å². The third-order valence-electron chi connectivity index (χ3n) is 4.81. The molecule has 1 saturated heterocycles. The summed E-state index contributed by atoms with van der Waals surface area (Å²) >= 11 is 0. The van der Waals surface area contributed by atoms with Gasteiger partial charge in [-0.05, 0) is 31.5 Å². The molecule has 0 saturated carbocycles. The number of rotatable bonds is 4. The van der Waals surface area contributed by atoms with Gasteiger partial charge in [0, 0.05) is 44.1 Å². The number of nitrogens with zero attached hydrogens (tertiary/aromatic N) is 5. The summed E-state index contributed by atoms with van der Waals surface area (Å²) in [5.41, 5.74) is 3.28. The molecule has 5 heteroatoms. The van der Waals surface area contributed by atoms with Gasteiger partial charge in [0.15, 0.2) is 5.82 Å². The second-order valence-corrected chi connectivity index (χ2v) is 6.82. The van der Waals surface area contributed by atoms with E-state index in [9.17, 15) is 0 Å². The molecule has 1 atom stereocenters. The minimum Gasteiger partial charge on any atom is -0.333 e. The second kappa shape index (κ2) is 6.76. The van der Waals surface area contributed by atoms with Crippen LogP contribution in [0.1, 0.15) is 29.4 Å². The third kappa shape index (κ3) is 3.46. The molecule has 0 aliphatic carbocycles. The zero-order valence-corrected chi connectivity index (χ0v) is 14.8. The fourth-order valence-corrected chi connectivity index (χ4v) is 3.53. The zero-order chi connectivity index (χ0) is 17.2. The van der Waals surface area contributed by atoms with Gasteiger partial charge in [-0.25, -0.2) is 15.0 Å². The average molecular weight is 333 g/mol. The molecule has 1 aliphatic rings. The van der Waals surface area contributed by atoms with Crippen molar-refractivity contribution in [1.82, 2.24) is 24.4 Å². The smallest absolute Gasteiger partial charge is 0.158 e. The maximum atomic E-state index is 4.84. The molecule has 1 fully saturated rings. The summed E-state index contributed by atoms with van der Waals surface area (Å²) < 4.78 is 2.00. The Morgan fingerprint density at radius 3 is 2.76 bits per heavy atom. The van der Waals surface area contributed by atoms with E-state index in [4.69, 9.17) is 9.97 Å². The predicted molar refractivity (Wildman–Crippen MR) is 98.0 cm³/mol. The van der Waals surface area contributed by atoms with Crippen molar-refractivity contribution in [3.05, 3.63) is 65.9 Å². The van der Waals surface area contributed by atoms with Gasteiger partial charge in [0.1, 0.15) is 11.5 Å². The van der Waals surface area contributed by atoms with E-state index < -0.39 is 0 Å². The van der Waals surface area contributed by atoms with Gasteiger partial charge in [-0.3, -0.25) is 4.90 Å². The third-order valence-corrected chi connectivity index (χ3v) is 4.81. The Hall–Kier alpha value is -2.53. The molecule has 25 heavy (non-hydrogen) atoms. The first-order valence-corrected chi connectivity index (χ1v) is 8.78. The molecule has 128 valence electrons. The van der Waals surface area contributed by atoms with E-state index in [0.717, 1.165) is 49.1 Å². The first-order valence-electron chi connectivity index (χ1n) is 8.78. The predicted octanol–water partition coefficient (Wildman–Crippen LogP) is 3.18. The molecular weight excluding hydrogens is 310 g/mol. The second-order valence-electron chi connectivity index (χ2n) is 6.82. The lowest BCUT2D eigenvalue weighted by molar-refractivity contribution is 0.325. The number of likely N-dealkylation sites (tertiary alicyclic amines) is 1. The van der Waals surface area contributed by atoms with Crippen LogP contribution >= 0.6 is 0 Å². The summed E-state index contributed by atoms with van der Waals surface area (Å²) in [6.07, 6.45) is 4.86. The van der Waals surface area contributed by atoms with Crippen LogP contribution in [0, 0.1) is 6.92 Å². The molecule has 5 nitrogen and oxygen atoms in total. The zero-order valence-electron chi connectivity index (χ0n) is 14.8. The fraction of sp³-hybridized carbons (Fsp3) is 0.350. The largest absolute Gasteiger partial charge is 0.333 e. The molecule has 0 radical (unpaired) electrons. The standard InChI is InChI=1S/C20H23N5/c1-15-12-18(20-21-9-11-24(20)2)23-19(22-15)17-8-10-25(14-17)13-16-6-4-3-5-7-16/h3-7,9,11-12,17H,8,10,13-14H2,1-2H3/t17-/m0/s1. The fourth-order valence-electron chi connectivity index (χ4n) is 3.53. The van der Waals surface area contributed by atoms with Crippen LogP contribution in [-0.2, 0) is 13.6 Å². The van der Waals surface area contributed by atoms with Crippen LogP contribution < -0.4 is 0 Å². The summed E-state index contributed by atoms with van der Waals surface area (Å²) in [6.45, 7) is 5.14. The minimum atomic E-state index is 0.391. The summed E-state index contributed by atoms with van der Waals surface area (Å²) in [5, 5.41) is 0. The van der Waals surface area contributed by atoms with Crippen molar-refractivity contribution in [3.63, 3.8) is 0 Å². The van der Waals surface area contributed by atoms with Crippen molar-refractivity contribution in [2.75, 3.05) is 13.1 Å². The number of imidazole rings is 1. The van der Waals surface area contributed by atoms with E-state index in [1.54, 1.807) is 0 Å². The topological polar surface area (TPSA) is 46.8 Å². The molecule has 0 amide bonds. The molecule has 0 unspecified atom stereocenters. The van der Waals surface area contributed by atoms with E-state index in [1.807, 2.05) is 37.0 Å². The Bertz CT molecular complexity index is 856. The summed E-state index contributed by atoms with van der Waals surface area (Å²) in [4.78, 5) is 16.5. The first-order chi connectivity index (χ1) is 12.2. The van der Waals surface area contributed by atoms with E-state index >= 15 is 0 Å². The van der Waals surface area contributed by atoms with Crippen molar-refractivity contribution < 1.29 is 0 Å². The number of hydrogen-bond acceptors (Lipinski definition) is 4. The highest BCUT2D eigenvalue weighted by Crippen LogP contribution is 2.27. The quantitative estimate of drug-likeness (QED) is 0.736. The van der Waals surface area contributed by atoms with E-state index in [0.29, 0.717) is 5.92 Å². The summed E-state index contributed by atoms with van der Waals surface area (Å²) in [7, 11) is 2.00. The molecule has 3 heterocycles. The molecule has 0 bridgehead atoms. The Morgan fingerprint density at radius 2 is 2.00 bits per heavy atom. The Labute approximate surface area is 148 Å². The normalized spacial score (nSPS) is 17.9. The number of benzene rings is 1. The average Bonchev–Trinajstić information content (AvgIpc) is 3.24. The molecule has 1 aromatic carbocycles. The van der Waals surface area contributed by atoms with Crippen molar-refractivity contribution >= 4 is 0 Å². The summed E-state index contributed by atoms with van der Waals surface area (Å²) in [5.74, 6) is 2.24. The lowest BCUT2D eigenvalue weighted by atomic mass is 10.1. The van der Waals surface area contributed by atoms with Gasteiger partial charge in [0.2, 0.25) is 0 Å². The molecule has 0 spiro atoms. The van der Waals surface area contributed by atoms with Crippen LogP contribution in [0.3, 0.4) is 0 Å². The lowest BCUT2D eigenvalue weighted by Crippen LogP contribution is -2.20. The summed E-state index contributed by atoms with van der Waals surface area (Å²) in [6, 6.07) is 12.7. The number of aromatic nitrogens is 4. The van der Waals surface area contributed by atoms with E-state index in [1.165, 1.54) is 5.56 Å². The Kier molecular flexibility index (Phi) is 4.32. The van der Waals surface area contributed by atoms with Gasteiger partial charge >= 0.3 is 0 Å². The van der Waals surface area contributed by atoms with E-state index in [-0.39, 0.29) is 0 Å². The molecule has 1 aliphatic heterocycles. The van der Waals surface area contributed by atoms with Crippen LogP contribution in [0.2, 0.25) is 0 Å². The highest BCUT2D eigenvalue weighted by Gasteiger charge is 2.26. The van der Waals surface area contributed by atoms with Crippen molar-refractivity contribution in [2.24, 2.45) is 7.05 Å². The number of hydrogen-bond donors (Lipinski definition) is 0. The minimum absolute atomic E-state index is 0.391. The molecule has 0 N–H and O–H groups in total. The Balaban J connectivity index is 1.53. The van der Waals surface area contributed by atoms with Gasteiger partial charge in [-0.1, -0.05) is 30.3 Å². The molecule has 2 aromatic heterocycles. The van der Waals surface area contributed by atoms with Crippen LogP contribution in [-0.4, -0.2) is 37.5 Å². The maximum Gasteiger partial charge on any atom is 0.158 e. The van der Waals surface area contributed by atoms with Crippen LogP contribution in [0.15, 0.2) is 48.8 Å². The van der Waals surface area contributed by atoms with E-state index in [2.05, 4.69) is 40.2 Å². The lowest BCUT2D eigenvalue weighted by Gasteiger charge is -2.16. The van der Waals surface area contributed by atoms with Crippen LogP contribution in [0.5, 0.6) is 0 Å². The SMILES string of the molecule is Cc1cc(-c2nccn2C)nc([C@H]2CCN(Cc3ccccc3)C2)n1. The van der Waals surface area contributed by atoms with Crippen LogP contribution in [0.4, 0.5) is 0 Å². The van der Waals surface area contributed by atoms with Gasteiger partial charge in [0.05, 0.1) is 0 Å². The van der Waals surface area contributed by atoms with Gasteiger partial charge in [-0.15, -0.1) is 0 Å². The molecule has 3 aromatic rings. The van der Waals surface area contributed by atoms with Crippen molar-refractivity contribution in [1.29, 1.82) is 0 Å². The van der Waals surface area contributed by atoms with Crippen molar-refractivity contribution in [3.8, 4) is 11.5 Å². The highest BCUT2D eigenvalue weighted by molar-refractivity contribution is 5.50. The van der Waals surface area contributed by atoms with Crippen molar-refractivity contribution in [2.45, 2.75) is 25.8 Å². The maximum absolute atomic E-state index is 4.84. The Morgan fingerprint density at radius 1 is 1.16 bits per heavy atom. The molecule has 4 rings (SSSR count). The monoisotopic (exact) mass is 333 g/mol.